The van der Waals surface area contributed by atoms with Gasteiger partial charge in [-0.1, -0.05) is 0 Å². The molecular weight excluding hydrogens is 250 g/mol. The summed E-state index contributed by atoms with van der Waals surface area (Å²) in [6, 6.07) is 0. The van der Waals surface area contributed by atoms with Crippen molar-refractivity contribution in [1.82, 2.24) is 0 Å². The maximum absolute atomic E-state index is 13.3. The molecule has 0 radical (unpaired) electrons. The van der Waals surface area contributed by atoms with Crippen LogP contribution < -0.4 is 0 Å². The summed E-state index contributed by atoms with van der Waals surface area (Å²) in [5, 5.41) is 9.27. The zero-order chi connectivity index (χ0) is 14.4. The molecule has 0 aromatic carbocycles. The van der Waals surface area contributed by atoms with E-state index in [1.807, 2.05) is 0 Å². The fourth-order valence-corrected chi connectivity index (χ4v) is 1.02. The summed E-state index contributed by atoms with van der Waals surface area (Å²) in [7, 11) is 1.41. The lowest BCUT2D eigenvalue weighted by molar-refractivity contribution is -0.210. The molecule has 0 spiro atoms. The van der Waals surface area contributed by atoms with E-state index in [-0.39, 0.29) is 13.2 Å². The van der Waals surface area contributed by atoms with Crippen molar-refractivity contribution in [2.45, 2.75) is 45.0 Å². The van der Waals surface area contributed by atoms with Crippen molar-refractivity contribution in [3.05, 3.63) is 0 Å². The van der Waals surface area contributed by atoms with Crippen LogP contribution in [0.5, 0.6) is 0 Å². The van der Waals surface area contributed by atoms with E-state index in [2.05, 4.69) is 4.74 Å². The topological polar surface area (TPSA) is 65.0 Å². The fourth-order valence-electron chi connectivity index (χ4n) is 1.02. The van der Waals surface area contributed by atoms with Gasteiger partial charge < -0.3 is 19.3 Å². The Morgan fingerprint density at radius 3 is 2.39 bits per heavy atom. The number of methoxy groups -OCH3 is 1. The van der Waals surface area contributed by atoms with Gasteiger partial charge in [-0.3, -0.25) is 0 Å². The van der Waals surface area contributed by atoms with Crippen LogP contribution in [0.1, 0.15) is 27.2 Å². The minimum Gasteiger partial charge on any atom is -0.461 e. The zero-order valence-corrected chi connectivity index (χ0v) is 11.0. The number of ether oxygens (including phenoxy) is 3. The maximum Gasteiger partial charge on any atom is 0.379 e. The van der Waals surface area contributed by atoms with Gasteiger partial charge in [-0.2, -0.15) is 8.78 Å². The lowest BCUT2D eigenvalue weighted by Crippen LogP contribution is -2.43. The quantitative estimate of drug-likeness (QED) is 0.532. The Bertz CT molecular complexity index is 268. The monoisotopic (exact) mass is 270 g/mol. The van der Waals surface area contributed by atoms with E-state index < -0.39 is 30.2 Å². The number of alkyl halides is 2. The van der Waals surface area contributed by atoms with Gasteiger partial charge in [-0.15, -0.1) is 0 Å². The number of carbonyl (C=O) groups is 1. The molecule has 5 nitrogen and oxygen atoms in total. The Hall–Kier alpha value is -0.790. The number of aliphatic hydroxyl groups excluding tert-OH is 1. The largest absolute Gasteiger partial charge is 0.461 e. The summed E-state index contributed by atoms with van der Waals surface area (Å²) < 4.78 is 40.8. The Morgan fingerprint density at radius 1 is 1.39 bits per heavy atom. The first kappa shape index (κ1) is 17.2. The number of esters is 1. The number of hydrogen-bond donors (Lipinski definition) is 1. The summed E-state index contributed by atoms with van der Waals surface area (Å²) in [5.74, 6) is -6.60. The summed E-state index contributed by atoms with van der Waals surface area (Å²) in [6.45, 7) is 4.27. The first-order chi connectivity index (χ1) is 8.17. The van der Waals surface area contributed by atoms with Gasteiger partial charge >= 0.3 is 11.9 Å². The molecule has 0 aliphatic heterocycles. The number of hydrogen-bond acceptors (Lipinski definition) is 5. The van der Waals surface area contributed by atoms with Crippen molar-refractivity contribution < 1.29 is 32.9 Å². The minimum absolute atomic E-state index is 0.170. The number of rotatable bonds is 8. The van der Waals surface area contributed by atoms with E-state index >= 15 is 0 Å². The second-order valence-electron chi connectivity index (χ2n) is 4.10. The van der Waals surface area contributed by atoms with Crippen molar-refractivity contribution in [2.75, 3.05) is 20.3 Å². The summed E-state index contributed by atoms with van der Waals surface area (Å²) in [6.07, 6.45) is -2.55. The second-order valence-corrected chi connectivity index (χ2v) is 4.10. The molecule has 0 saturated heterocycles. The van der Waals surface area contributed by atoms with Gasteiger partial charge in [-0.25, -0.2) is 4.79 Å². The highest BCUT2D eigenvalue weighted by atomic mass is 19.3. The van der Waals surface area contributed by atoms with E-state index in [4.69, 9.17) is 9.47 Å². The van der Waals surface area contributed by atoms with Gasteiger partial charge in [0.25, 0.3) is 0 Å². The molecule has 0 rings (SSSR count). The van der Waals surface area contributed by atoms with Crippen LogP contribution in [0, 0.1) is 0 Å². The molecule has 0 aromatic rings. The lowest BCUT2D eigenvalue weighted by Gasteiger charge is -2.25. The summed E-state index contributed by atoms with van der Waals surface area (Å²) in [4.78, 5) is 10.9. The minimum atomic E-state index is -3.93. The third-order valence-corrected chi connectivity index (χ3v) is 2.30. The van der Waals surface area contributed by atoms with Gasteiger partial charge in [0.1, 0.15) is 6.10 Å². The molecule has 0 bridgehead atoms. The average molecular weight is 270 g/mol. The van der Waals surface area contributed by atoms with Crippen molar-refractivity contribution >= 4 is 5.97 Å². The molecule has 18 heavy (non-hydrogen) atoms. The van der Waals surface area contributed by atoms with Gasteiger partial charge in [0.15, 0.2) is 5.79 Å². The van der Waals surface area contributed by atoms with Crippen LogP contribution in [0.2, 0.25) is 0 Å². The third kappa shape index (κ3) is 5.24. The first-order valence-electron chi connectivity index (χ1n) is 5.59. The number of halogens is 2. The van der Waals surface area contributed by atoms with Crippen molar-refractivity contribution in [3.63, 3.8) is 0 Å². The van der Waals surface area contributed by atoms with Gasteiger partial charge in [0, 0.05) is 13.5 Å². The van der Waals surface area contributed by atoms with Crippen LogP contribution in [0.25, 0.3) is 0 Å². The summed E-state index contributed by atoms with van der Waals surface area (Å²) in [5.41, 5.74) is 0. The third-order valence-electron chi connectivity index (χ3n) is 2.30. The molecule has 0 saturated carbocycles. The van der Waals surface area contributed by atoms with Crippen LogP contribution >= 0.6 is 0 Å². The van der Waals surface area contributed by atoms with Crippen molar-refractivity contribution in [2.24, 2.45) is 0 Å². The molecule has 0 heterocycles. The molecule has 0 aliphatic carbocycles. The van der Waals surface area contributed by atoms with Crippen molar-refractivity contribution in [1.29, 1.82) is 0 Å². The van der Waals surface area contributed by atoms with Crippen LogP contribution in [0.15, 0.2) is 0 Å². The predicted octanol–water partition coefficient (Wildman–Crippen LogP) is 1.33. The highest BCUT2D eigenvalue weighted by Gasteiger charge is 2.47. The Kier molecular flexibility index (Phi) is 6.66. The number of aliphatic hydroxyl groups is 1. The molecule has 0 amide bonds. The van der Waals surface area contributed by atoms with E-state index in [0.717, 1.165) is 0 Å². The van der Waals surface area contributed by atoms with E-state index in [1.54, 1.807) is 13.8 Å². The molecule has 1 unspecified atom stereocenters. The molecule has 108 valence electrons. The Morgan fingerprint density at radius 2 is 1.94 bits per heavy atom. The average Bonchev–Trinajstić information content (AvgIpc) is 2.28. The standard InChI is InChI=1S/C11H20F2O5/c1-5-17-9(15)11(12,13)8(14)6-7-18-10(2,3)16-4/h8,14H,5-7H2,1-4H3. The molecule has 0 fully saturated rings. The molecule has 0 aliphatic rings. The zero-order valence-electron chi connectivity index (χ0n) is 11.0. The van der Waals surface area contributed by atoms with Gasteiger partial charge in [-0.05, 0) is 20.8 Å². The van der Waals surface area contributed by atoms with E-state index in [1.165, 1.54) is 14.0 Å². The fraction of sp³-hybridized carbons (Fsp3) is 0.909. The highest BCUT2D eigenvalue weighted by molar-refractivity contribution is 5.78. The van der Waals surface area contributed by atoms with Crippen LogP contribution in [-0.2, 0) is 19.0 Å². The highest BCUT2D eigenvalue weighted by Crippen LogP contribution is 2.23. The van der Waals surface area contributed by atoms with Crippen LogP contribution in [0.4, 0.5) is 8.78 Å². The SMILES string of the molecule is CCOC(=O)C(F)(F)C(O)CCOC(C)(C)OC. The first-order valence-corrected chi connectivity index (χ1v) is 5.59. The van der Waals surface area contributed by atoms with Crippen LogP contribution in [0.3, 0.4) is 0 Å². The smallest absolute Gasteiger partial charge is 0.379 e. The second kappa shape index (κ2) is 6.96. The molecule has 7 heteroatoms. The number of carbonyl (C=O) groups excluding carboxylic acids is 1. The molecular formula is C11H20F2O5. The van der Waals surface area contributed by atoms with Gasteiger partial charge in [0.05, 0.1) is 13.2 Å². The Balaban J connectivity index is 4.23. The van der Waals surface area contributed by atoms with Gasteiger partial charge in [0.2, 0.25) is 0 Å². The van der Waals surface area contributed by atoms with E-state index in [0.29, 0.717) is 0 Å². The van der Waals surface area contributed by atoms with E-state index in [9.17, 15) is 18.7 Å². The van der Waals surface area contributed by atoms with Crippen molar-refractivity contribution in [3.8, 4) is 0 Å². The molecule has 1 N–H and O–H groups in total. The predicted molar refractivity (Wildman–Crippen MR) is 59.2 cm³/mol. The molecule has 0 aromatic heterocycles. The Labute approximate surface area is 105 Å². The maximum atomic E-state index is 13.3. The normalized spacial score (nSPS) is 14.4. The molecule has 1 atom stereocenters. The van der Waals surface area contributed by atoms with Crippen LogP contribution in [-0.4, -0.2) is 49.2 Å². The lowest BCUT2D eigenvalue weighted by atomic mass is 10.1. The summed E-state index contributed by atoms with van der Waals surface area (Å²) >= 11 is 0.